The molecular formula is C11H11BrN2O2. The standard InChI is InChI=1S/C11H11BrN2O2/c12-8-2-1-6(4-13)3-7(8)10-11(16)9(15)5-14-10/h1-3,15-16H,4-5,13H2. The fraction of sp³-hybridized carbons (Fsp3) is 0.182. The van der Waals surface area contributed by atoms with Gasteiger partial charge in [-0.1, -0.05) is 22.0 Å². The largest absolute Gasteiger partial charge is 0.507 e. The highest BCUT2D eigenvalue weighted by molar-refractivity contribution is 9.10. The molecule has 1 aromatic rings. The second kappa shape index (κ2) is 4.27. The van der Waals surface area contributed by atoms with Crippen molar-refractivity contribution in [3.05, 3.63) is 45.3 Å². The molecule has 0 spiro atoms. The van der Waals surface area contributed by atoms with Crippen LogP contribution in [-0.2, 0) is 6.54 Å². The van der Waals surface area contributed by atoms with Gasteiger partial charge < -0.3 is 15.9 Å². The molecule has 2 rings (SSSR count). The third-order valence-electron chi connectivity index (χ3n) is 2.41. The fourth-order valence-corrected chi connectivity index (χ4v) is 1.97. The molecule has 1 aliphatic heterocycles. The lowest BCUT2D eigenvalue weighted by molar-refractivity contribution is 0.348. The molecule has 0 aliphatic carbocycles. The molecule has 0 saturated carbocycles. The van der Waals surface area contributed by atoms with Gasteiger partial charge in [0.25, 0.3) is 0 Å². The van der Waals surface area contributed by atoms with Crippen LogP contribution in [0.2, 0.25) is 0 Å². The summed E-state index contributed by atoms with van der Waals surface area (Å²) in [7, 11) is 0. The van der Waals surface area contributed by atoms with Gasteiger partial charge in [0.2, 0.25) is 0 Å². The maximum Gasteiger partial charge on any atom is 0.181 e. The van der Waals surface area contributed by atoms with Crippen molar-refractivity contribution in [1.29, 1.82) is 0 Å². The quantitative estimate of drug-likeness (QED) is 0.777. The van der Waals surface area contributed by atoms with Gasteiger partial charge in [-0.25, -0.2) is 0 Å². The van der Waals surface area contributed by atoms with Gasteiger partial charge in [-0.2, -0.15) is 0 Å². The van der Waals surface area contributed by atoms with Gasteiger partial charge in [-0.05, 0) is 17.7 Å². The van der Waals surface area contributed by atoms with Crippen molar-refractivity contribution < 1.29 is 10.2 Å². The van der Waals surface area contributed by atoms with Gasteiger partial charge in [0.15, 0.2) is 11.5 Å². The van der Waals surface area contributed by atoms with Crippen molar-refractivity contribution in [3.8, 4) is 0 Å². The molecule has 4 N–H and O–H groups in total. The summed E-state index contributed by atoms with van der Waals surface area (Å²) in [6, 6.07) is 5.59. The minimum absolute atomic E-state index is 0.0972. The van der Waals surface area contributed by atoms with Gasteiger partial charge in [0.05, 0.1) is 0 Å². The van der Waals surface area contributed by atoms with Crippen LogP contribution in [0.3, 0.4) is 0 Å². The fourth-order valence-electron chi connectivity index (χ4n) is 1.53. The minimum atomic E-state index is -0.158. The predicted octanol–water partition coefficient (Wildman–Crippen LogP) is 2.04. The predicted molar refractivity (Wildman–Crippen MR) is 65.7 cm³/mol. The number of nitrogens with two attached hydrogens (primary N) is 1. The molecule has 16 heavy (non-hydrogen) atoms. The molecule has 1 aromatic carbocycles. The van der Waals surface area contributed by atoms with E-state index in [0.717, 1.165) is 15.6 Å². The van der Waals surface area contributed by atoms with Crippen LogP contribution in [0, 0.1) is 0 Å². The van der Waals surface area contributed by atoms with Gasteiger partial charge in [0.1, 0.15) is 12.3 Å². The van der Waals surface area contributed by atoms with Crippen molar-refractivity contribution in [2.45, 2.75) is 6.54 Å². The molecule has 0 radical (unpaired) electrons. The second-order valence-corrected chi connectivity index (χ2v) is 4.33. The Balaban J connectivity index is 2.49. The molecule has 0 atom stereocenters. The molecule has 0 bridgehead atoms. The average molecular weight is 283 g/mol. The Hall–Kier alpha value is -1.33. The van der Waals surface area contributed by atoms with Crippen LogP contribution in [0.4, 0.5) is 0 Å². The van der Waals surface area contributed by atoms with E-state index in [1.165, 1.54) is 0 Å². The Morgan fingerprint density at radius 2 is 2.12 bits per heavy atom. The summed E-state index contributed by atoms with van der Waals surface area (Å²) in [5, 5.41) is 19.0. The van der Waals surface area contributed by atoms with E-state index in [2.05, 4.69) is 20.9 Å². The van der Waals surface area contributed by atoms with E-state index >= 15 is 0 Å². The van der Waals surface area contributed by atoms with Crippen molar-refractivity contribution in [3.63, 3.8) is 0 Å². The first-order valence-corrected chi connectivity index (χ1v) is 5.57. The summed E-state index contributed by atoms with van der Waals surface area (Å²) in [5.41, 5.74) is 7.64. The molecule has 0 saturated heterocycles. The zero-order valence-electron chi connectivity index (χ0n) is 8.44. The van der Waals surface area contributed by atoms with Crippen LogP contribution in [0.1, 0.15) is 11.1 Å². The summed E-state index contributed by atoms with van der Waals surface area (Å²) >= 11 is 3.38. The van der Waals surface area contributed by atoms with E-state index in [9.17, 15) is 10.2 Å². The number of nitrogens with zero attached hydrogens (tertiary/aromatic N) is 1. The van der Waals surface area contributed by atoms with Crippen LogP contribution in [-0.4, -0.2) is 22.5 Å². The Morgan fingerprint density at radius 3 is 2.69 bits per heavy atom. The molecule has 5 heteroatoms. The van der Waals surface area contributed by atoms with Crippen LogP contribution < -0.4 is 5.73 Å². The topological polar surface area (TPSA) is 78.8 Å². The molecule has 0 fully saturated rings. The number of allylic oxidation sites excluding steroid dienone is 1. The van der Waals surface area contributed by atoms with E-state index in [4.69, 9.17) is 5.73 Å². The lowest BCUT2D eigenvalue weighted by Gasteiger charge is -2.07. The summed E-state index contributed by atoms with van der Waals surface area (Å²) in [4.78, 5) is 4.08. The van der Waals surface area contributed by atoms with E-state index < -0.39 is 0 Å². The number of aliphatic hydroxyl groups is 2. The molecule has 4 nitrogen and oxygen atoms in total. The first-order chi connectivity index (χ1) is 7.63. The zero-order chi connectivity index (χ0) is 11.7. The van der Waals surface area contributed by atoms with Gasteiger partial charge in [-0.15, -0.1) is 0 Å². The van der Waals surface area contributed by atoms with Crippen molar-refractivity contribution >= 4 is 21.6 Å². The summed E-state index contributed by atoms with van der Waals surface area (Å²) in [6.07, 6.45) is 0. The van der Waals surface area contributed by atoms with Crippen molar-refractivity contribution in [2.75, 3.05) is 6.54 Å². The number of aliphatic imine (C=N–C) groups is 1. The van der Waals surface area contributed by atoms with E-state index in [0.29, 0.717) is 12.3 Å². The SMILES string of the molecule is NCc1ccc(Br)c(C2=NCC(O)=C2O)c1. The molecule has 0 unspecified atom stereocenters. The number of hydrogen-bond acceptors (Lipinski definition) is 4. The number of rotatable bonds is 2. The maximum absolute atomic E-state index is 9.65. The van der Waals surface area contributed by atoms with Crippen LogP contribution in [0.15, 0.2) is 39.2 Å². The van der Waals surface area contributed by atoms with Crippen LogP contribution in [0.5, 0.6) is 0 Å². The zero-order valence-corrected chi connectivity index (χ0v) is 10.0. The number of halogens is 1. The Bertz CT molecular complexity index is 495. The third-order valence-corrected chi connectivity index (χ3v) is 3.10. The Labute approximate surface area is 101 Å². The van der Waals surface area contributed by atoms with Crippen molar-refractivity contribution in [2.24, 2.45) is 10.7 Å². The summed E-state index contributed by atoms with van der Waals surface area (Å²) in [6.45, 7) is 0.546. The first-order valence-electron chi connectivity index (χ1n) is 4.78. The van der Waals surface area contributed by atoms with E-state index in [1.807, 2.05) is 18.2 Å². The van der Waals surface area contributed by atoms with Gasteiger partial charge in [-0.3, -0.25) is 4.99 Å². The molecular weight excluding hydrogens is 272 g/mol. The number of aliphatic hydroxyl groups excluding tert-OH is 2. The van der Waals surface area contributed by atoms with Gasteiger partial charge in [0, 0.05) is 16.6 Å². The highest BCUT2D eigenvalue weighted by Gasteiger charge is 2.21. The molecule has 1 aliphatic rings. The van der Waals surface area contributed by atoms with Crippen LogP contribution >= 0.6 is 15.9 Å². The van der Waals surface area contributed by atoms with Crippen molar-refractivity contribution in [1.82, 2.24) is 0 Å². The summed E-state index contributed by atoms with van der Waals surface area (Å²) in [5.74, 6) is -0.255. The summed E-state index contributed by atoms with van der Waals surface area (Å²) < 4.78 is 0.810. The lowest BCUT2D eigenvalue weighted by atomic mass is 10.1. The Morgan fingerprint density at radius 1 is 1.38 bits per heavy atom. The van der Waals surface area contributed by atoms with Crippen LogP contribution in [0.25, 0.3) is 0 Å². The molecule has 84 valence electrons. The average Bonchev–Trinajstić information content (AvgIpc) is 2.61. The monoisotopic (exact) mass is 282 g/mol. The van der Waals surface area contributed by atoms with Gasteiger partial charge >= 0.3 is 0 Å². The molecule has 1 heterocycles. The normalized spacial score (nSPS) is 15.5. The number of benzene rings is 1. The van der Waals surface area contributed by atoms with E-state index in [-0.39, 0.29) is 18.1 Å². The molecule has 0 amide bonds. The smallest absolute Gasteiger partial charge is 0.181 e. The lowest BCUT2D eigenvalue weighted by Crippen LogP contribution is -2.06. The second-order valence-electron chi connectivity index (χ2n) is 3.48. The first kappa shape index (κ1) is 11.2. The minimum Gasteiger partial charge on any atom is -0.507 e. The maximum atomic E-state index is 9.65. The highest BCUT2D eigenvalue weighted by atomic mass is 79.9. The van der Waals surface area contributed by atoms with E-state index in [1.54, 1.807) is 0 Å². The molecule has 0 aromatic heterocycles. The third kappa shape index (κ3) is 1.83. The number of hydrogen-bond donors (Lipinski definition) is 3. The Kier molecular flexibility index (Phi) is 2.98. The highest BCUT2D eigenvalue weighted by Crippen LogP contribution is 2.24.